The zero-order chi connectivity index (χ0) is 17.9. The molecule has 2 aromatic heterocycles. The molecule has 26 heavy (non-hydrogen) atoms. The van der Waals surface area contributed by atoms with Crippen molar-refractivity contribution < 1.29 is 9.53 Å². The molecule has 0 aliphatic heterocycles. The average Bonchev–Trinajstić information content (AvgIpc) is 3.22. The van der Waals surface area contributed by atoms with Crippen LogP contribution < -0.4 is 5.32 Å². The summed E-state index contributed by atoms with van der Waals surface area (Å²) >= 11 is 0. The number of nitrogens with zero attached hydrogens (tertiary/aromatic N) is 3. The Labute approximate surface area is 152 Å². The molecule has 0 bridgehead atoms. The fourth-order valence-electron chi connectivity index (χ4n) is 3.58. The van der Waals surface area contributed by atoms with Gasteiger partial charge in [-0.1, -0.05) is 24.3 Å². The van der Waals surface area contributed by atoms with E-state index in [1.165, 1.54) is 0 Å². The van der Waals surface area contributed by atoms with Crippen LogP contribution in [0.25, 0.3) is 16.6 Å². The monoisotopic (exact) mass is 350 g/mol. The van der Waals surface area contributed by atoms with Crippen LogP contribution in [-0.2, 0) is 4.74 Å². The smallest absolute Gasteiger partial charge is 0.270 e. The van der Waals surface area contributed by atoms with Gasteiger partial charge in [0.1, 0.15) is 17.8 Å². The number of rotatable bonds is 4. The molecule has 1 fully saturated rings. The Balaban J connectivity index is 1.63. The van der Waals surface area contributed by atoms with E-state index in [1.807, 2.05) is 41.1 Å². The third-order valence-corrected chi connectivity index (χ3v) is 5.05. The number of amides is 1. The van der Waals surface area contributed by atoms with Crippen molar-refractivity contribution in [3.05, 3.63) is 54.7 Å². The van der Waals surface area contributed by atoms with Gasteiger partial charge in [-0.25, -0.2) is 9.97 Å². The summed E-state index contributed by atoms with van der Waals surface area (Å²) in [6.45, 7) is 0. The van der Waals surface area contributed by atoms with Gasteiger partial charge in [-0.3, -0.25) is 9.36 Å². The highest BCUT2D eigenvalue weighted by atomic mass is 16.5. The maximum absolute atomic E-state index is 13.0. The van der Waals surface area contributed by atoms with Crippen LogP contribution in [-0.4, -0.2) is 39.7 Å². The minimum Gasteiger partial charge on any atom is -0.381 e. The minimum atomic E-state index is -0.121. The number of methoxy groups -OCH3 is 1. The molecule has 0 radical (unpaired) electrons. The fourth-order valence-corrected chi connectivity index (χ4v) is 3.58. The maximum Gasteiger partial charge on any atom is 0.270 e. The first kappa shape index (κ1) is 16.7. The van der Waals surface area contributed by atoms with Crippen LogP contribution in [0.4, 0.5) is 0 Å². The lowest BCUT2D eigenvalue weighted by atomic mass is 9.93. The summed E-state index contributed by atoms with van der Waals surface area (Å²) < 4.78 is 7.22. The van der Waals surface area contributed by atoms with E-state index >= 15 is 0 Å². The molecule has 3 aromatic rings. The molecule has 1 N–H and O–H groups in total. The van der Waals surface area contributed by atoms with Gasteiger partial charge in [-0.05, 0) is 37.1 Å². The van der Waals surface area contributed by atoms with Crippen LogP contribution in [0.1, 0.15) is 36.2 Å². The molecular formula is C20H22N4O2. The van der Waals surface area contributed by atoms with Crippen LogP contribution in [0.5, 0.6) is 0 Å². The predicted octanol–water partition coefficient (Wildman–Crippen LogP) is 3.11. The maximum atomic E-state index is 13.0. The second-order valence-electron chi connectivity index (χ2n) is 6.70. The van der Waals surface area contributed by atoms with E-state index in [2.05, 4.69) is 15.3 Å². The van der Waals surface area contributed by atoms with Crippen LogP contribution in [0.2, 0.25) is 0 Å². The normalized spacial score (nSPS) is 20.2. The topological polar surface area (TPSA) is 69.0 Å². The van der Waals surface area contributed by atoms with Crippen molar-refractivity contribution in [2.75, 3.05) is 7.11 Å². The SMILES string of the molecule is COC1CCC(NC(=O)c2nc(-n3ccnc3)cc3ccccc23)CC1. The molecule has 6 heteroatoms. The number of carbonyl (C=O) groups is 1. The second-order valence-corrected chi connectivity index (χ2v) is 6.70. The van der Waals surface area contributed by atoms with Gasteiger partial charge >= 0.3 is 0 Å². The number of pyridine rings is 1. The highest BCUT2D eigenvalue weighted by Gasteiger charge is 2.24. The zero-order valence-electron chi connectivity index (χ0n) is 14.8. The van der Waals surface area contributed by atoms with Gasteiger partial charge in [0.05, 0.1) is 6.10 Å². The van der Waals surface area contributed by atoms with E-state index in [4.69, 9.17) is 4.74 Å². The van der Waals surface area contributed by atoms with E-state index in [0.717, 1.165) is 36.5 Å². The third kappa shape index (κ3) is 3.32. The molecule has 134 valence electrons. The van der Waals surface area contributed by atoms with E-state index in [1.54, 1.807) is 19.6 Å². The molecule has 1 aliphatic carbocycles. The first-order chi connectivity index (χ1) is 12.7. The third-order valence-electron chi connectivity index (χ3n) is 5.05. The van der Waals surface area contributed by atoms with E-state index in [0.29, 0.717) is 17.6 Å². The number of ether oxygens (including phenoxy) is 1. The van der Waals surface area contributed by atoms with Gasteiger partial charge in [0.25, 0.3) is 5.91 Å². The molecule has 0 atom stereocenters. The van der Waals surface area contributed by atoms with Gasteiger partial charge in [-0.2, -0.15) is 0 Å². The Bertz CT molecular complexity index is 899. The van der Waals surface area contributed by atoms with Gasteiger partial charge < -0.3 is 10.1 Å². The van der Waals surface area contributed by atoms with Gasteiger partial charge in [0.15, 0.2) is 0 Å². The van der Waals surface area contributed by atoms with Crippen LogP contribution in [0.15, 0.2) is 49.1 Å². The van der Waals surface area contributed by atoms with Crippen molar-refractivity contribution in [1.82, 2.24) is 19.9 Å². The molecule has 1 amide bonds. The molecule has 2 heterocycles. The highest BCUT2D eigenvalue weighted by molar-refractivity contribution is 6.05. The second kappa shape index (κ2) is 7.25. The van der Waals surface area contributed by atoms with Crippen LogP contribution >= 0.6 is 0 Å². The van der Waals surface area contributed by atoms with Crippen LogP contribution in [0, 0.1) is 0 Å². The van der Waals surface area contributed by atoms with Gasteiger partial charge in [0, 0.05) is 30.9 Å². The average molecular weight is 350 g/mol. The summed E-state index contributed by atoms with van der Waals surface area (Å²) in [5.74, 6) is 0.568. The first-order valence-corrected chi connectivity index (χ1v) is 8.96. The number of hydrogen-bond acceptors (Lipinski definition) is 4. The Kier molecular flexibility index (Phi) is 4.67. The Hall–Kier alpha value is -2.73. The first-order valence-electron chi connectivity index (χ1n) is 8.96. The van der Waals surface area contributed by atoms with E-state index in [-0.39, 0.29) is 11.9 Å². The molecule has 0 unspecified atom stereocenters. The van der Waals surface area contributed by atoms with Crippen LogP contribution in [0.3, 0.4) is 0 Å². The lowest BCUT2D eigenvalue weighted by molar-refractivity contribution is 0.0598. The Morgan fingerprint density at radius 2 is 2.04 bits per heavy atom. The lowest BCUT2D eigenvalue weighted by Gasteiger charge is -2.28. The molecule has 0 saturated heterocycles. The lowest BCUT2D eigenvalue weighted by Crippen LogP contribution is -2.39. The number of fused-ring (bicyclic) bond motifs is 1. The zero-order valence-corrected chi connectivity index (χ0v) is 14.8. The summed E-state index contributed by atoms with van der Waals surface area (Å²) in [6, 6.07) is 9.98. The van der Waals surface area contributed by atoms with E-state index in [9.17, 15) is 4.79 Å². The minimum absolute atomic E-state index is 0.121. The summed E-state index contributed by atoms with van der Waals surface area (Å²) in [4.78, 5) is 21.7. The fraction of sp³-hybridized carbons (Fsp3) is 0.350. The standard InChI is InChI=1S/C20H22N4O2/c1-26-16-8-6-15(7-9-16)22-20(25)19-17-5-3-2-4-14(17)12-18(23-19)24-11-10-21-13-24/h2-5,10-13,15-16H,6-9H2,1H3,(H,22,25). The summed E-state index contributed by atoms with van der Waals surface area (Å²) in [5.41, 5.74) is 0.459. The number of aromatic nitrogens is 3. The number of hydrogen-bond donors (Lipinski definition) is 1. The Morgan fingerprint density at radius 1 is 1.23 bits per heavy atom. The molecule has 4 rings (SSSR count). The van der Waals surface area contributed by atoms with Crippen molar-refractivity contribution in [3.63, 3.8) is 0 Å². The molecular weight excluding hydrogens is 328 g/mol. The number of carbonyl (C=O) groups excluding carboxylic acids is 1. The van der Waals surface area contributed by atoms with E-state index < -0.39 is 0 Å². The quantitative estimate of drug-likeness (QED) is 0.785. The van der Waals surface area contributed by atoms with Gasteiger partial charge in [-0.15, -0.1) is 0 Å². The van der Waals surface area contributed by atoms with Crippen molar-refractivity contribution in [2.45, 2.75) is 37.8 Å². The van der Waals surface area contributed by atoms with Crippen molar-refractivity contribution in [3.8, 4) is 5.82 Å². The number of nitrogens with one attached hydrogen (secondary N) is 1. The largest absolute Gasteiger partial charge is 0.381 e. The molecule has 6 nitrogen and oxygen atoms in total. The van der Waals surface area contributed by atoms with Crippen molar-refractivity contribution in [2.24, 2.45) is 0 Å². The molecule has 1 aromatic carbocycles. The van der Waals surface area contributed by atoms with Crippen molar-refractivity contribution in [1.29, 1.82) is 0 Å². The molecule has 0 spiro atoms. The van der Waals surface area contributed by atoms with Gasteiger partial charge in [0.2, 0.25) is 0 Å². The van der Waals surface area contributed by atoms with Crippen molar-refractivity contribution >= 4 is 16.7 Å². The summed E-state index contributed by atoms with van der Waals surface area (Å²) in [7, 11) is 1.75. The molecule has 1 saturated carbocycles. The summed E-state index contributed by atoms with van der Waals surface area (Å²) in [5, 5.41) is 5.01. The summed E-state index contributed by atoms with van der Waals surface area (Å²) in [6.07, 6.45) is 9.34. The predicted molar refractivity (Wildman–Crippen MR) is 99.4 cm³/mol. The molecule has 1 aliphatic rings. The number of benzene rings is 1. The number of imidazole rings is 1. The Morgan fingerprint density at radius 3 is 2.77 bits per heavy atom. The highest BCUT2D eigenvalue weighted by Crippen LogP contribution is 2.23.